The third-order valence-electron chi connectivity index (χ3n) is 1.70. The molecule has 4 nitrogen and oxygen atoms in total. The zero-order valence-corrected chi connectivity index (χ0v) is 7.77. The third kappa shape index (κ3) is 2.26. The van der Waals surface area contributed by atoms with E-state index in [1.165, 1.54) is 11.2 Å². The lowest BCUT2D eigenvalue weighted by Gasteiger charge is -2.20. The molecular formula is C9H13N3O. The zero-order chi connectivity index (χ0) is 9.84. The smallest absolute Gasteiger partial charge is 0.269 e. The van der Waals surface area contributed by atoms with Crippen LogP contribution in [0.4, 0.5) is 0 Å². The number of hydrazine groups is 1. The molecule has 2 N–H and O–H groups in total. The number of carbonyl (C=O) groups is 1. The first kappa shape index (κ1) is 9.67. The van der Waals surface area contributed by atoms with Crippen molar-refractivity contribution in [3.05, 3.63) is 30.1 Å². The molecule has 0 unspecified atom stereocenters. The summed E-state index contributed by atoms with van der Waals surface area (Å²) in [6.07, 6.45) is 3.12. The first-order valence-corrected chi connectivity index (χ1v) is 4.11. The molecule has 1 aromatic heterocycles. The number of nitrogens with two attached hydrogens (primary N) is 1. The molecule has 4 heteroatoms. The van der Waals surface area contributed by atoms with Crippen LogP contribution in [-0.2, 0) is 0 Å². The Kier molecular flexibility index (Phi) is 2.97. The zero-order valence-electron chi connectivity index (χ0n) is 7.77. The van der Waals surface area contributed by atoms with E-state index in [9.17, 15) is 4.79 Å². The molecule has 0 aromatic carbocycles. The summed E-state index contributed by atoms with van der Waals surface area (Å²) in [4.78, 5) is 15.4. The average molecular weight is 179 g/mol. The van der Waals surface area contributed by atoms with E-state index >= 15 is 0 Å². The number of aromatic nitrogens is 1. The molecular weight excluding hydrogens is 166 g/mol. The molecule has 0 spiro atoms. The van der Waals surface area contributed by atoms with Crippen LogP contribution in [0.15, 0.2) is 24.5 Å². The molecule has 0 fully saturated rings. The lowest BCUT2D eigenvalue weighted by Crippen LogP contribution is -2.42. The van der Waals surface area contributed by atoms with Crippen molar-refractivity contribution >= 4 is 5.91 Å². The Morgan fingerprint density at radius 1 is 1.62 bits per heavy atom. The summed E-state index contributed by atoms with van der Waals surface area (Å²) in [7, 11) is 0. The Bertz CT molecular complexity index is 284. The molecule has 0 saturated carbocycles. The van der Waals surface area contributed by atoms with Gasteiger partial charge in [0.1, 0.15) is 0 Å². The van der Waals surface area contributed by atoms with Crippen LogP contribution in [0.1, 0.15) is 24.2 Å². The van der Waals surface area contributed by atoms with Crippen molar-refractivity contribution < 1.29 is 4.79 Å². The lowest BCUT2D eigenvalue weighted by molar-refractivity contribution is 0.0705. The van der Waals surface area contributed by atoms with Crippen LogP contribution in [0.25, 0.3) is 0 Å². The first-order valence-electron chi connectivity index (χ1n) is 4.11. The summed E-state index contributed by atoms with van der Waals surface area (Å²) >= 11 is 0. The molecule has 0 radical (unpaired) electrons. The number of nitrogens with zero attached hydrogens (tertiary/aromatic N) is 2. The second-order valence-electron chi connectivity index (χ2n) is 3.05. The van der Waals surface area contributed by atoms with Gasteiger partial charge in [0, 0.05) is 18.4 Å². The minimum Gasteiger partial charge on any atom is -0.274 e. The Labute approximate surface area is 77.3 Å². The van der Waals surface area contributed by atoms with E-state index in [0.717, 1.165) is 0 Å². The maximum Gasteiger partial charge on any atom is 0.269 e. The molecule has 70 valence electrons. The molecule has 0 aliphatic carbocycles. The molecule has 13 heavy (non-hydrogen) atoms. The van der Waals surface area contributed by atoms with E-state index in [0.29, 0.717) is 5.56 Å². The maximum absolute atomic E-state index is 11.5. The number of hydrogen-bond donors (Lipinski definition) is 1. The van der Waals surface area contributed by atoms with Crippen molar-refractivity contribution in [2.75, 3.05) is 0 Å². The highest BCUT2D eigenvalue weighted by Crippen LogP contribution is 2.02. The SMILES string of the molecule is CC(C)N(N)C(=O)c1cccnc1. The second-order valence-corrected chi connectivity index (χ2v) is 3.05. The van der Waals surface area contributed by atoms with E-state index in [1.807, 2.05) is 13.8 Å². The van der Waals surface area contributed by atoms with Crippen LogP contribution >= 0.6 is 0 Å². The van der Waals surface area contributed by atoms with Crippen LogP contribution in [0, 0.1) is 0 Å². The standard InChI is InChI=1S/C9H13N3O/c1-7(2)12(10)9(13)8-4-3-5-11-6-8/h3-7H,10H2,1-2H3. The van der Waals surface area contributed by atoms with Gasteiger partial charge in [-0.1, -0.05) is 0 Å². The van der Waals surface area contributed by atoms with Gasteiger partial charge in [-0.3, -0.25) is 14.8 Å². The average Bonchev–Trinajstić information content (AvgIpc) is 2.17. The molecule has 1 heterocycles. The quantitative estimate of drug-likeness (QED) is 0.415. The second kappa shape index (κ2) is 4.00. The molecule has 1 rings (SSSR count). The Morgan fingerprint density at radius 3 is 2.77 bits per heavy atom. The molecule has 0 aliphatic heterocycles. The summed E-state index contributed by atoms with van der Waals surface area (Å²) in [5.74, 6) is 5.34. The Hall–Kier alpha value is -1.42. The minimum absolute atomic E-state index is 0.00675. The lowest BCUT2D eigenvalue weighted by atomic mass is 10.2. The van der Waals surface area contributed by atoms with Gasteiger partial charge in [0.15, 0.2) is 0 Å². The highest BCUT2D eigenvalue weighted by Gasteiger charge is 2.14. The van der Waals surface area contributed by atoms with Crippen molar-refractivity contribution in [3.8, 4) is 0 Å². The van der Waals surface area contributed by atoms with Crippen molar-refractivity contribution in [3.63, 3.8) is 0 Å². The predicted octanol–water partition coefficient (Wildman–Crippen LogP) is 0.806. The highest BCUT2D eigenvalue weighted by molar-refractivity contribution is 5.93. The Balaban J connectivity index is 2.80. The Morgan fingerprint density at radius 2 is 2.31 bits per heavy atom. The fourth-order valence-corrected chi connectivity index (χ4v) is 0.873. The predicted molar refractivity (Wildman–Crippen MR) is 49.7 cm³/mol. The van der Waals surface area contributed by atoms with Crippen molar-refractivity contribution in [1.82, 2.24) is 9.99 Å². The van der Waals surface area contributed by atoms with E-state index in [2.05, 4.69) is 4.98 Å². The molecule has 0 aliphatic rings. The number of pyridine rings is 1. The van der Waals surface area contributed by atoms with Gasteiger partial charge in [-0.05, 0) is 26.0 Å². The van der Waals surface area contributed by atoms with Crippen LogP contribution in [0.5, 0.6) is 0 Å². The highest BCUT2D eigenvalue weighted by atomic mass is 16.2. The van der Waals surface area contributed by atoms with E-state index in [-0.39, 0.29) is 11.9 Å². The van der Waals surface area contributed by atoms with Gasteiger partial charge >= 0.3 is 0 Å². The van der Waals surface area contributed by atoms with Crippen molar-refractivity contribution in [2.45, 2.75) is 19.9 Å². The summed E-state index contributed by atoms with van der Waals surface area (Å²) in [5.41, 5.74) is 0.513. The number of hydrogen-bond acceptors (Lipinski definition) is 3. The van der Waals surface area contributed by atoms with E-state index in [1.54, 1.807) is 18.3 Å². The van der Waals surface area contributed by atoms with Crippen LogP contribution in [0.2, 0.25) is 0 Å². The molecule has 1 amide bonds. The van der Waals surface area contributed by atoms with Crippen molar-refractivity contribution in [2.24, 2.45) is 5.84 Å². The van der Waals surface area contributed by atoms with Crippen LogP contribution in [0.3, 0.4) is 0 Å². The number of carbonyl (C=O) groups excluding carboxylic acids is 1. The monoisotopic (exact) mass is 179 g/mol. The van der Waals surface area contributed by atoms with Crippen molar-refractivity contribution in [1.29, 1.82) is 0 Å². The molecule has 1 aromatic rings. The largest absolute Gasteiger partial charge is 0.274 e. The van der Waals surface area contributed by atoms with E-state index in [4.69, 9.17) is 5.84 Å². The first-order chi connectivity index (χ1) is 6.13. The number of rotatable bonds is 2. The van der Waals surface area contributed by atoms with Crippen LogP contribution in [-0.4, -0.2) is 21.9 Å². The van der Waals surface area contributed by atoms with Gasteiger partial charge in [0.05, 0.1) is 5.56 Å². The number of amides is 1. The third-order valence-corrected chi connectivity index (χ3v) is 1.70. The summed E-state index contributed by atoms with van der Waals surface area (Å²) in [6, 6.07) is 3.40. The van der Waals surface area contributed by atoms with Crippen LogP contribution < -0.4 is 5.84 Å². The van der Waals surface area contributed by atoms with Gasteiger partial charge in [0.25, 0.3) is 5.91 Å². The van der Waals surface area contributed by atoms with Gasteiger partial charge in [-0.15, -0.1) is 0 Å². The topological polar surface area (TPSA) is 59.2 Å². The van der Waals surface area contributed by atoms with Gasteiger partial charge in [-0.2, -0.15) is 0 Å². The molecule has 0 saturated heterocycles. The fourth-order valence-electron chi connectivity index (χ4n) is 0.873. The van der Waals surface area contributed by atoms with Gasteiger partial charge < -0.3 is 0 Å². The van der Waals surface area contributed by atoms with E-state index < -0.39 is 0 Å². The minimum atomic E-state index is -0.205. The summed E-state index contributed by atoms with van der Waals surface area (Å²) in [5, 5.41) is 1.19. The van der Waals surface area contributed by atoms with Gasteiger partial charge in [0.2, 0.25) is 0 Å². The molecule has 0 bridgehead atoms. The maximum atomic E-state index is 11.5. The molecule has 0 atom stereocenters. The fraction of sp³-hybridized carbons (Fsp3) is 0.333. The summed E-state index contributed by atoms with van der Waals surface area (Å²) in [6.45, 7) is 3.71. The normalized spacial score (nSPS) is 10.2. The summed E-state index contributed by atoms with van der Waals surface area (Å²) < 4.78 is 0. The van der Waals surface area contributed by atoms with Gasteiger partial charge in [-0.25, -0.2) is 5.84 Å².